The van der Waals surface area contributed by atoms with Gasteiger partial charge in [0.25, 0.3) is 0 Å². The number of hydrogen-bond acceptors (Lipinski definition) is 2. The molecule has 0 bridgehead atoms. The normalized spacial score (nSPS) is 14.9. The lowest BCUT2D eigenvalue weighted by molar-refractivity contribution is 0.0697. The molecule has 0 spiro atoms. The van der Waals surface area contributed by atoms with Gasteiger partial charge in [0.2, 0.25) is 0 Å². The summed E-state index contributed by atoms with van der Waals surface area (Å²) in [7, 11) is 0. The first kappa shape index (κ1) is 11.5. The summed E-state index contributed by atoms with van der Waals surface area (Å²) in [4.78, 5) is 15.1. The van der Waals surface area contributed by atoms with Gasteiger partial charge in [-0.3, -0.25) is 0 Å². The lowest BCUT2D eigenvalue weighted by atomic mass is 10.3. The molecule has 1 fully saturated rings. The van der Waals surface area contributed by atoms with Crippen molar-refractivity contribution in [2.45, 2.75) is 25.4 Å². The van der Waals surface area contributed by atoms with Gasteiger partial charge in [-0.25, -0.2) is 9.78 Å². The summed E-state index contributed by atoms with van der Waals surface area (Å²) in [6, 6.07) is 2.19. The van der Waals surface area contributed by atoms with E-state index >= 15 is 0 Å². The van der Waals surface area contributed by atoms with Crippen molar-refractivity contribution >= 4 is 21.9 Å². The molecular formula is C12H12BrN3O2. The number of carboxylic acid groups (broad SMARTS) is 1. The van der Waals surface area contributed by atoms with Crippen LogP contribution in [0.3, 0.4) is 0 Å². The van der Waals surface area contributed by atoms with Crippen molar-refractivity contribution in [3.8, 4) is 0 Å². The van der Waals surface area contributed by atoms with E-state index in [1.165, 1.54) is 12.8 Å². The summed E-state index contributed by atoms with van der Waals surface area (Å²) in [5.41, 5.74) is 1.39. The van der Waals surface area contributed by atoms with Gasteiger partial charge in [-0.05, 0) is 34.8 Å². The number of carbonyl (C=O) groups is 1. The Morgan fingerprint density at radius 2 is 2.33 bits per heavy atom. The van der Waals surface area contributed by atoms with E-state index in [0.29, 0.717) is 18.2 Å². The number of nitrogens with zero attached hydrogens (tertiary/aromatic N) is 3. The molecule has 1 N–H and O–H groups in total. The van der Waals surface area contributed by atoms with E-state index in [9.17, 15) is 4.79 Å². The Kier molecular flexibility index (Phi) is 2.74. The average molecular weight is 310 g/mol. The molecule has 0 saturated heterocycles. The largest absolute Gasteiger partial charge is 0.478 e. The fraction of sp³-hybridized carbons (Fsp3) is 0.333. The molecule has 2 heterocycles. The minimum absolute atomic E-state index is 0.291. The predicted molar refractivity (Wildman–Crippen MR) is 68.7 cm³/mol. The second-order valence-electron chi connectivity index (χ2n) is 4.51. The number of aromatic carboxylic acids is 1. The van der Waals surface area contributed by atoms with E-state index in [4.69, 9.17) is 5.11 Å². The van der Waals surface area contributed by atoms with E-state index in [1.54, 1.807) is 12.3 Å². The van der Waals surface area contributed by atoms with Gasteiger partial charge in [0.1, 0.15) is 0 Å². The SMILES string of the molecule is O=C(O)c1cc(Br)n(Cc2cncn2C2CC2)c1. The van der Waals surface area contributed by atoms with Gasteiger partial charge >= 0.3 is 5.97 Å². The van der Waals surface area contributed by atoms with Gasteiger partial charge in [0.15, 0.2) is 0 Å². The number of carboxylic acids is 1. The number of imidazole rings is 1. The summed E-state index contributed by atoms with van der Waals surface area (Å²) in [6.45, 7) is 0.629. The number of halogens is 1. The first-order valence-electron chi connectivity index (χ1n) is 5.75. The second kappa shape index (κ2) is 4.28. The minimum Gasteiger partial charge on any atom is -0.478 e. The molecule has 94 valence electrons. The van der Waals surface area contributed by atoms with E-state index < -0.39 is 5.97 Å². The molecule has 0 aromatic carbocycles. The van der Waals surface area contributed by atoms with Crippen molar-refractivity contribution in [1.29, 1.82) is 0 Å². The molecule has 3 rings (SSSR count). The highest BCUT2D eigenvalue weighted by atomic mass is 79.9. The Bertz CT molecular complexity index is 598. The first-order valence-corrected chi connectivity index (χ1v) is 6.54. The third-order valence-electron chi connectivity index (χ3n) is 3.11. The summed E-state index contributed by atoms with van der Waals surface area (Å²) < 4.78 is 4.81. The van der Waals surface area contributed by atoms with Crippen LogP contribution in [-0.4, -0.2) is 25.2 Å². The van der Waals surface area contributed by atoms with Crippen LogP contribution < -0.4 is 0 Å². The van der Waals surface area contributed by atoms with Gasteiger partial charge in [0.05, 0.1) is 28.7 Å². The summed E-state index contributed by atoms with van der Waals surface area (Å²) in [5.74, 6) is -0.912. The van der Waals surface area contributed by atoms with Gasteiger partial charge in [-0.1, -0.05) is 0 Å². The van der Waals surface area contributed by atoms with Gasteiger partial charge in [0, 0.05) is 18.4 Å². The molecule has 6 heteroatoms. The molecule has 2 aromatic rings. The Hall–Kier alpha value is -1.56. The van der Waals surface area contributed by atoms with Gasteiger partial charge in [-0.2, -0.15) is 0 Å². The predicted octanol–water partition coefficient (Wildman–Crippen LogP) is 2.53. The van der Waals surface area contributed by atoms with Crippen LogP contribution >= 0.6 is 15.9 Å². The molecule has 18 heavy (non-hydrogen) atoms. The molecule has 0 atom stereocenters. The van der Waals surface area contributed by atoms with Crippen LogP contribution in [0.15, 0.2) is 29.4 Å². The Morgan fingerprint density at radius 3 is 2.94 bits per heavy atom. The highest BCUT2D eigenvalue weighted by Crippen LogP contribution is 2.35. The molecule has 0 amide bonds. The summed E-state index contributed by atoms with van der Waals surface area (Å²) >= 11 is 3.38. The highest BCUT2D eigenvalue weighted by Gasteiger charge is 2.25. The molecule has 5 nitrogen and oxygen atoms in total. The van der Waals surface area contributed by atoms with Crippen molar-refractivity contribution in [3.05, 3.63) is 40.6 Å². The zero-order valence-corrected chi connectivity index (χ0v) is 11.2. The van der Waals surface area contributed by atoms with Crippen LogP contribution in [0.5, 0.6) is 0 Å². The number of aromatic nitrogens is 3. The Morgan fingerprint density at radius 1 is 1.56 bits per heavy atom. The number of hydrogen-bond donors (Lipinski definition) is 1. The molecule has 1 aliphatic carbocycles. The topological polar surface area (TPSA) is 60.0 Å². The molecule has 2 aromatic heterocycles. The molecule has 0 radical (unpaired) electrons. The van der Waals surface area contributed by atoms with Crippen molar-refractivity contribution in [2.24, 2.45) is 0 Å². The smallest absolute Gasteiger partial charge is 0.337 e. The van der Waals surface area contributed by atoms with Crippen molar-refractivity contribution < 1.29 is 9.90 Å². The van der Waals surface area contributed by atoms with E-state index in [1.807, 2.05) is 17.1 Å². The zero-order valence-electron chi connectivity index (χ0n) is 9.58. The Balaban J connectivity index is 1.87. The third-order valence-corrected chi connectivity index (χ3v) is 3.79. The minimum atomic E-state index is -0.912. The lowest BCUT2D eigenvalue weighted by Crippen LogP contribution is -2.05. The fourth-order valence-corrected chi connectivity index (χ4v) is 2.50. The molecule has 0 aliphatic heterocycles. The van der Waals surface area contributed by atoms with E-state index in [2.05, 4.69) is 25.5 Å². The molecular weight excluding hydrogens is 298 g/mol. The zero-order chi connectivity index (χ0) is 12.7. The summed E-state index contributed by atoms with van der Waals surface area (Å²) in [6.07, 6.45) is 7.73. The van der Waals surface area contributed by atoms with Crippen molar-refractivity contribution in [1.82, 2.24) is 14.1 Å². The standard InChI is InChI=1S/C12H12BrN3O2/c13-11-3-8(12(17)18)5-15(11)6-10-4-14-7-16(10)9-1-2-9/h3-5,7,9H,1-2,6H2,(H,17,18). The quantitative estimate of drug-likeness (QED) is 0.944. The first-order chi connectivity index (χ1) is 8.65. The van der Waals surface area contributed by atoms with E-state index in [-0.39, 0.29) is 0 Å². The van der Waals surface area contributed by atoms with Crippen LogP contribution in [-0.2, 0) is 6.54 Å². The van der Waals surface area contributed by atoms with E-state index in [0.717, 1.165) is 10.3 Å². The van der Waals surface area contributed by atoms with Crippen LogP contribution in [0.1, 0.15) is 34.9 Å². The maximum Gasteiger partial charge on any atom is 0.337 e. The lowest BCUT2D eigenvalue weighted by Gasteiger charge is -2.08. The molecule has 0 unspecified atom stereocenters. The Labute approximate surface area is 112 Å². The average Bonchev–Trinajstić information content (AvgIpc) is 2.96. The second-order valence-corrected chi connectivity index (χ2v) is 5.32. The van der Waals surface area contributed by atoms with Crippen LogP contribution in [0, 0.1) is 0 Å². The van der Waals surface area contributed by atoms with Crippen LogP contribution in [0.2, 0.25) is 0 Å². The maximum absolute atomic E-state index is 10.9. The summed E-state index contributed by atoms with van der Waals surface area (Å²) in [5, 5.41) is 8.95. The van der Waals surface area contributed by atoms with Crippen molar-refractivity contribution in [2.75, 3.05) is 0 Å². The van der Waals surface area contributed by atoms with Gasteiger partial charge < -0.3 is 14.2 Å². The molecule has 1 aliphatic rings. The fourth-order valence-electron chi connectivity index (χ4n) is 2.03. The van der Waals surface area contributed by atoms with Gasteiger partial charge in [-0.15, -0.1) is 0 Å². The van der Waals surface area contributed by atoms with Crippen LogP contribution in [0.25, 0.3) is 0 Å². The van der Waals surface area contributed by atoms with Crippen LogP contribution in [0.4, 0.5) is 0 Å². The monoisotopic (exact) mass is 309 g/mol. The molecule has 1 saturated carbocycles. The van der Waals surface area contributed by atoms with Crippen molar-refractivity contribution in [3.63, 3.8) is 0 Å². The third kappa shape index (κ3) is 2.08. The number of rotatable bonds is 4. The maximum atomic E-state index is 10.9. The highest BCUT2D eigenvalue weighted by molar-refractivity contribution is 9.10.